The van der Waals surface area contributed by atoms with E-state index in [0.717, 1.165) is 22.3 Å². The van der Waals surface area contributed by atoms with Crippen LogP contribution in [0.25, 0.3) is 16.7 Å². The molecule has 0 radical (unpaired) electrons. The van der Waals surface area contributed by atoms with Gasteiger partial charge in [-0.2, -0.15) is 9.97 Å². The number of anilines is 2. The van der Waals surface area contributed by atoms with E-state index in [1.807, 2.05) is 30.3 Å². The number of ether oxygens (including phenoxy) is 1. The van der Waals surface area contributed by atoms with Crippen molar-refractivity contribution in [3.05, 3.63) is 129 Å². The molecule has 0 fully saturated rings. The van der Waals surface area contributed by atoms with Crippen molar-refractivity contribution in [2.75, 3.05) is 38.8 Å². The molecule has 1 unspecified atom stereocenters. The normalized spacial score (nSPS) is 16.2. The standard InChI is InChI=1S/C40H44N8O2Si/c1-24-8-13-27(38(49)42-21-25-9-11-26(12-10-25)22-50-39-36-37(44-23-43-36)45-40(41)46-39)18-32(24)35-30-16-14-28(47(2)3)19-33(30)51(6,7)34-20-29(48(4)5)15-17-31(34)35/h8-20,23,28H,21-22H2,1-7H3,(H,42,49)(H3,41,43,44,45,46). The summed E-state index contributed by atoms with van der Waals surface area (Å²) >= 11 is 0. The number of nitrogens with two attached hydrogens (primary N) is 1. The van der Waals surface area contributed by atoms with Crippen LogP contribution in [0.4, 0.5) is 11.6 Å². The molecule has 1 amide bonds. The topological polar surface area (TPSA) is 125 Å². The molecule has 260 valence electrons. The van der Waals surface area contributed by atoms with E-state index in [1.54, 1.807) is 0 Å². The van der Waals surface area contributed by atoms with Gasteiger partial charge in [-0.05, 0) is 94.6 Å². The Labute approximate surface area is 299 Å². The first-order valence-corrected chi connectivity index (χ1v) is 20.1. The third kappa shape index (κ3) is 6.46. The van der Waals surface area contributed by atoms with Crippen LogP contribution in [0, 0.1) is 6.92 Å². The number of nitrogens with zero attached hydrogens (tertiary/aromatic N) is 5. The molecule has 0 bridgehead atoms. The second-order valence-corrected chi connectivity index (χ2v) is 18.6. The number of allylic oxidation sites excluding steroid dienone is 3. The summed E-state index contributed by atoms with van der Waals surface area (Å²) in [6, 6.07) is 21.1. The van der Waals surface area contributed by atoms with Crippen LogP contribution < -0.4 is 25.9 Å². The highest BCUT2D eigenvalue weighted by Gasteiger charge is 2.40. The number of carbonyl (C=O) groups is 1. The number of nitrogens with one attached hydrogen (secondary N) is 2. The number of amides is 1. The average molecular weight is 697 g/mol. The Morgan fingerprint density at radius 2 is 1.75 bits per heavy atom. The number of fused-ring (bicyclic) bond motifs is 3. The SMILES string of the molecule is Cc1ccc(C(=O)NCc2ccc(COc3nc(N)nc4[nH]cnc34)cc2)cc1C1=C2C=CC(N(C)C)C=C2[Si](C)(C)c2cc(N(C)C)ccc21. The predicted octanol–water partition coefficient (Wildman–Crippen LogP) is 5.52. The number of aromatic nitrogens is 4. The molecule has 7 rings (SSSR count). The summed E-state index contributed by atoms with van der Waals surface area (Å²) in [5.41, 5.74) is 16.6. The Kier molecular flexibility index (Phi) is 8.86. The number of benzene rings is 3. The number of nitrogen functional groups attached to an aromatic ring is 1. The highest BCUT2D eigenvalue weighted by Crippen LogP contribution is 2.43. The van der Waals surface area contributed by atoms with Gasteiger partial charge >= 0.3 is 0 Å². The summed E-state index contributed by atoms with van der Waals surface area (Å²) < 4.78 is 5.91. The van der Waals surface area contributed by atoms with Crippen molar-refractivity contribution >= 4 is 47.5 Å². The fraction of sp³-hybridized carbons (Fsp3) is 0.250. The third-order valence-corrected chi connectivity index (χ3v) is 13.5. The van der Waals surface area contributed by atoms with E-state index in [9.17, 15) is 4.79 Å². The van der Waals surface area contributed by atoms with Gasteiger partial charge in [0.05, 0.1) is 6.33 Å². The van der Waals surface area contributed by atoms with Gasteiger partial charge < -0.3 is 25.7 Å². The van der Waals surface area contributed by atoms with Crippen LogP contribution in [0.1, 0.15) is 38.2 Å². The number of H-pyrrole nitrogens is 1. The molecule has 5 aromatic rings. The largest absolute Gasteiger partial charge is 0.471 e. The van der Waals surface area contributed by atoms with Gasteiger partial charge in [0.25, 0.3) is 5.91 Å². The van der Waals surface area contributed by atoms with E-state index < -0.39 is 8.07 Å². The molecule has 3 heterocycles. The molecule has 11 heteroatoms. The molecule has 4 N–H and O–H groups in total. The average Bonchev–Trinajstić information content (AvgIpc) is 3.59. The van der Waals surface area contributed by atoms with Crippen LogP contribution in [0.2, 0.25) is 13.1 Å². The second-order valence-electron chi connectivity index (χ2n) is 14.2. The molecule has 1 atom stereocenters. The number of aromatic amines is 1. The lowest BCUT2D eigenvalue weighted by Crippen LogP contribution is -2.50. The van der Waals surface area contributed by atoms with Crippen molar-refractivity contribution < 1.29 is 9.53 Å². The summed E-state index contributed by atoms with van der Waals surface area (Å²) in [7, 11) is 6.39. The maximum atomic E-state index is 13.7. The Morgan fingerprint density at radius 3 is 2.49 bits per heavy atom. The first-order chi connectivity index (χ1) is 24.4. The van der Waals surface area contributed by atoms with Gasteiger partial charge in [0.2, 0.25) is 11.8 Å². The zero-order chi connectivity index (χ0) is 36.0. The number of aryl methyl sites for hydroxylation is 1. The Balaban J connectivity index is 1.13. The lowest BCUT2D eigenvalue weighted by atomic mass is 9.86. The van der Waals surface area contributed by atoms with Crippen LogP contribution in [0.5, 0.6) is 5.88 Å². The molecule has 3 aromatic carbocycles. The van der Waals surface area contributed by atoms with Crippen LogP contribution in [-0.4, -0.2) is 73.0 Å². The molecule has 2 aliphatic rings. The fourth-order valence-electron chi connectivity index (χ4n) is 6.96. The monoisotopic (exact) mass is 696 g/mol. The van der Waals surface area contributed by atoms with Gasteiger partial charge in [0.1, 0.15) is 14.7 Å². The van der Waals surface area contributed by atoms with Crippen LogP contribution in [-0.2, 0) is 13.2 Å². The molecule has 10 nitrogen and oxygen atoms in total. The molecule has 0 saturated carbocycles. The Bertz CT molecular complexity index is 2250. The summed E-state index contributed by atoms with van der Waals surface area (Å²) in [4.78, 5) is 33.6. The minimum Gasteiger partial charge on any atom is -0.471 e. The van der Waals surface area contributed by atoms with Crippen LogP contribution >= 0.6 is 0 Å². The van der Waals surface area contributed by atoms with Crippen LogP contribution in [0.3, 0.4) is 0 Å². The summed E-state index contributed by atoms with van der Waals surface area (Å²) in [5, 5.41) is 6.00. The van der Waals surface area contributed by atoms with E-state index in [-0.39, 0.29) is 24.5 Å². The summed E-state index contributed by atoms with van der Waals surface area (Å²) in [5.74, 6) is 0.327. The molecule has 51 heavy (non-hydrogen) atoms. The number of likely N-dealkylation sites (N-methyl/N-ethyl adjacent to an activating group) is 1. The number of hydrogen-bond donors (Lipinski definition) is 3. The Hall–Kier alpha value is -5.52. The molecule has 0 saturated heterocycles. The van der Waals surface area contributed by atoms with Crippen molar-refractivity contribution in [1.29, 1.82) is 0 Å². The number of rotatable bonds is 9. The van der Waals surface area contributed by atoms with E-state index in [4.69, 9.17) is 10.5 Å². The highest BCUT2D eigenvalue weighted by molar-refractivity contribution is 6.97. The van der Waals surface area contributed by atoms with Crippen molar-refractivity contribution in [2.24, 2.45) is 0 Å². The maximum absolute atomic E-state index is 13.7. The highest BCUT2D eigenvalue weighted by atomic mass is 28.3. The molecule has 0 spiro atoms. The lowest BCUT2D eigenvalue weighted by Gasteiger charge is -2.40. The van der Waals surface area contributed by atoms with Crippen molar-refractivity contribution in [2.45, 2.75) is 39.2 Å². The fourth-order valence-corrected chi connectivity index (χ4v) is 10.1. The Morgan fingerprint density at radius 1 is 0.980 bits per heavy atom. The summed E-state index contributed by atoms with van der Waals surface area (Å²) in [6.45, 7) is 7.74. The van der Waals surface area contributed by atoms with Crippen molar-refractivity contribution in [1.82, 2.24) is 30.2 Å². The minimum atomic E-state index is -2.06. The van der Waals surface area contributed by atoms with Gasteiger partial charge in [0.15, 0.2) is 11.2 Å². The molecule has 1 aliphatic heterocycles. The van der Waals surface area contributed by atoms with Gasteiger partial charge in [-0.25, -0.2) is 4.98 Å². The van der Waals surface area contributed by atoms with E-state index in [1.165, 1.54) is 39.1 Å². The van der Waals surface area contributed by atoms with E-state index >= 15 is 0 Å². The predicted molar refractivity (Wildman–Crippen MR) is 208 cm³/mol. The molecule has 1 aliphatic carbocycles. The number of carbonyl (C=O) groups excluding carboxylic acids is 1. The molecular weight excluding hydrogens is 653 g/mol. The van der Waals surface area contributed by atoms with Gasteiger partial charge in [-0.3, -0.25) is 9.69 Å². The molecule has 2 aromatic heterocycles. The quantitative estimate of drug-likeness (QED) is 0.172. The minimum absolute atomic E-state index is 0.115. The number of hydrogen-bond acceptors (Lipinski definition) is 8. The van der Waals surface area contributed by atoms with Gasteiger partial charge in [0, 0.05) is 37.9 Å². The van der Waals surface area contributed by atoms with Crippen LogP contribution in [0.15, 0.2) is 96.0 Å². The van der Waals surface area contributed by atoms with Gasteiger partial charge in [-0.15, -0.1) is 0 Å². The maximum Gasteiger partial charge on any atom is 0.251 e. The zero-order valence-electron chi connectivity index (χ0n) is 30.2. The lowest BCUT2D eigenvalue weighted by molar-refractivity contribution is 0.0951. The smallest absolute Gasteiger partial charge is 0.251 e. The van der Waals surface area contributed by atoms with E-state index in [2.05, 4.69) is 132 Å². The van der Waals surface area contributed by atoms with Gasteiger partial charge in [-0.1, -0.05) is 67.7 Å². The van der Waals surface area contributed by atoms with Crippen molar-refractivity contribution in [3.63, 3.8) is 0 Å². The number of imidazole rings is 1. The van der Waals surface area contributed by atoms with E-state index in [0.29, 0.717) is 29.2 Å². The summed E-state index contributed by atoms with van der Waals surface area (Å²) in [6.07, 6.45) is 8.59. The zero-order valence-corrected chi connectivity index (χ0v) is 31.2. The van der Waals surface area contributed by atoms with Crippen molar-refractivity contribution in [3.8, 4) is 5.88 Å². The molecular formula is C40H44N8O2Si. The second kappa shape index (κ2) is 13.3. The third-order valence-electron chi connectivity index (χ3n) is 9.97. The first-order valence-electron chi connectivity index (χ1n) is 17.1. The first kappa shape index (κ1) is 33.9.